The Hall–Kier alpha value is -3.46. The molecular formula is C23H24N6O2S. The molecule has 0 bridgehead atoms. The van der Waals surface area contributed by atoms with E-state index < -0.39 is 5.60 Å². The number of amides is 1. The van der Waals surface area contributed by atoms with Gasteiger partial charge in [0.1, 0.15) is 23.4 Å². The third kappa shape index (κ3) is 4.16. The van der Waals surface area contributed by atoms with Crippen molar-refractivity contribution in [3.8, 4) is 0 Å². The average Bonchev–Trinajstić information content (AvgIpc) is 3.40. The van der Waals surface area contributed by atoms with Crippen LogP contribution in [0.5, 0.6) is 0 Å². The Bertz CT molecular complexity index is 1330. The number of ether oxygens (including phenoxy) is 1. The van der Waals surface area contributed by atoms with E-state index in [1.54, 1.807) is 22.6 Å². The van der Waals surface area contributed by atoms with E-state index in [9.17, 15) is 4.79 Å². The standard InChI is InChI=1S/C23H24N6O2S/c1-23(2,3)31-22(30)29-8-6-14(7-9-29)18-11-16-20(24-12-25-21(16)28-18)27-15-4-5-17-19(10-15)32-13-26-17/h4-6,10-13H,7-9H2,1-3H3,(H2,24,25,27,28). The number of aromatic nitrogens is 4. The summed E-state index contributed by atoms with van der Waals surface area (Å²) in [5.74, 6) is 0.744. The van der Waals surface area contributed by atoms with E-state index in [1.807, 2.05) is 38.4 Å². The van der Waals surface area contributed by atoms with E-state index in [1.165, 1.54) is 0 Å². The fourth-order valence-corrected chi connectivity index (χ4v) is 4.40. The lowest BCUT2D eigenvalue weighted by Gasteiger charge is -2.29. The number of hydrogen-bond acceptors (Lipinski definition) is 7. The number of nitrogens with one attached hydrogen (secondary N) is 2. The van der Waals surface area contributed by atoms with Crippen molar-refractivity contribution in [2.45, 2.75) is 32.8 Å². The van der Waals surface area contributed by atoms with Gasteiger partial charge in [0.15, 0.2) is 0 Å². The third-order valence-corrected chi connectivity index (χ3v) is 6.02. The molecule has 1 aliphatic rings. The summed E-state index contributed by atoms with van der Waals surface area (Å²) in [6, 6.07) is 8.14. The van der Waals surface area contributed by atoms with Gasteiger partial charge in [0.2, 0.25) is 0 Å². The van der Waals surface area contributed by atoms with Gasteiger partial charge in [-0.25, -0.2) is 19.7 Å². The summed E-state index contributed by atoms with van der Waals surface area (Å²) in [5.41, 5.74) is 6.20. The lowest BCUT2D eigenvalue weighted by atomic mass is 10.1. The molecule has 164 valence electrons. The average molecular weight is 449 g/mol. The van der Waals surface area contributed by atoms with E-state index >= 15 is 0 Å². The molecule has 0 fully saturated rings. The van der Waals surface area contributed by atoms with E-state index in [-0.39, 0.29) is 6.09 Å². The molecule has 0 unspecified atom stereocenters. The molecule has 0 saturated carbocycles. The van der Waals surface area contributed by atoms with Gasteiger partial charge in [0, 0.05) is 24.5 Å². The number of fused-ring (bicyclic) bond motifs is 2. The second kappa shape index (κ2) is 7.90. The van der Waals surface area contributed by atoms with Crippen molar-refractivity contribution < 1.29 is 9.53 Å². The maximum Gasteiger partial charge on any atom is 0.410 e. The second-order valence-corrected chi connectivity index (χ2v) is 9.62. The zero-order valence-electron chi connectivity index (χ0n) is 18.2. The topological polar surface area (TPSA) is 96.0 Å². The fraction of sp³-hybridized carbons (Fsp3) is 0.304. The maximum absolute atomic E-state index is 12.3. The fourth-order valence-electron chi connectivity index (χ4n) is 3.69. The molecule has 5 rings (SSSR count). The Labute approximate surface area is 189 Å². The van der Waals surface area contributed by atoms with Crippen molar-refractivity contribution in [1.82, 2.24) is 24.8 Å². The van der Waals surface area contributed by atoms with Gasteiger partial charge in [-0.05, 0) is 57.0 Å². The molecular weight excluding hydrogens is 424 g/mol. The molecule has 3 aromatic heterocycles. The lowest BCUT2D eigenvalue weighted by Crippen LogP contribution is -2.39. The summed E-state index contributed by atoms with van der Waals surface area (Å²) < 4.78 is 6.60. The van der Waals surface area contributed by atoms with Gasteiger partial charge in [-0.3, -0.25) is 0 Å². The number of rotatable bonds is 3. The quantitative estimate of drug-likeness (QED) is 0.439. The zero-order chi connectivity index (χ0) is 22.3. The highest BCUT2D eigenvalue weighted by Crippen LogP contribution is 2.30. The molecule has 32 heavy (non-hydrogen) atoms. The van der Waals surface area contributed by atoms with Crippen LogP contribution in [0.1, 0.15) is 32.9 Å². The van der Waals surface area contributed by atoms with Crippen LogP contribution in [0.25, 0.3) is 26.8 Å². The van der Waals surface area contributed by atoms with Crippen LogP contribution in [0.2, 0.25) is 0 Å². The number of hydrogen-bond donors (Lipinski definition) is 2. The highest BCUT2D eigenvalue weighted by Gasteiger charge is 2.24. The Balaban J connectivity index is 1.37. The van der Waals surface area contributed by atoms with Crippen LogP contribution >= 0.6 is 11.3 Å². The summed E-state index contributed by atoms with van der Waals surface area (Å²) in [6.07, 6.45) is 4.08. The first kappa shape index (κ1) is 20.4. The smallest absolute Gasteiger partial charge is 0.410 e. The molecule has 0 spiro atoms. The number of carbonyl (C=O) groups is 1. The molecule has 0 saturated heterocycles. The first-order chi connectivity index (χ1) is 15.4. The van der Waals surface area contributed by atoms with Crippen LogP contribution < -0.4 is 5.32 Å². The molecule has 1 aliphatic heterocycles. The van der Waals surface area contributed by atoms with Gasteiger partial charge in [0.05, 0.1) is 21.1 Å². The van der Waals surface area contributed by atoms with Crippen molar-refractivity contribution >= 4 is 55.8 Å². The van der Waals surface area contributed by atoms with Crippen LogP contribution in [0.4, 0.5) is 16.3 Å². The summed E-state index contributed by atoms with van der Waals surface area (Å²) in [6.45, 7) is 6.76. The van der Waals surface area contributed by atoms with Crippen molar-refractivity contribution in [3.63, 3.8) is 0 Å². The van der Waals surface area contributed by atoms with Gasteiger partial charge >= 0.3 is 6.09 Å². The van der Waals surface area contributed by atoms with Crippen LogP contribution in [0.3, 0.4) is 0 Å². The zero-order valence-corrected chi connectivity index (χ0v) is 19.0. The highest BCUT2D eigenvalue weighted by atomic mass is 32.1. The monoisotopic (exact) mass is 448 g/mol. The Morgan fingerprint density at radius 1 is 1.22 bits per heavy atom. The van der Waals surface area contributed by atoms with Crippen LogP contribution in [0, 0.1) is 0 Å². The largest absolute Gasteiger partial charge is 0.444 e. The van der Waals surface area contributed by atoms with Crippen molar-refractivity contribution in [1.29, 1.82) is 0 Å². The van der Waals surface area contributed by atoms with Gasteiger partial charge in [-0.2, -0.15) is 0 Å². The van der Waals surface area contributed by atoms with Crippen LogP contribution in [-0.2, 0) is 4.74 Å². The van der Waals surface area contributed by atoms with E-state index in [0.717, 1.165) is 50.4 Å². The summed E-state index contributed by atoms with van der Waals surface area (Å²) in [5, 5.41) is 4.33. The third-order valence-electron chi connectivity index (χ3n) is 5.23. The number of carbonyl (C=O) groups excluding carboxylic acids is 1. The first-order valence-corrected chi connectivity index (χ1v) is 11.3. The van der Waals surface area contributed by atoms with Crippen LogP contribution in [-0.4, -0.2) is 49.6 Å². The van der Waals surface area contributed by atoms with Gasteiger partial charge in [-0.1, -0.05) is 6.08 Å². The van der Waals surface area contributed by atoms with Crippen molar-refractivity contribution in [2.24, 2.45) is 0 Å². The minimum Gasteiger partial charge on any atom is -0.444 e. The van der Waals surface area contributed by atoms with E-state index in [4.69, 9.17) is 4.74 Å². The summed E-state index contributed by atoms with van der Waals surface area (Å²) in [7, 11) is 0. The number of benzene rings is 1. The Morgan fingerprint density at radius 2 is 2.09 bits per heavy atom. The predicted octanol–water partition coefficient (Wildman–Crippen LogP) is 5.34. The van der Waals surface area contributed by atoms with Crippen LogP contribution in [0.15, 0.2) is 42.2 Å². The molecule has 0 aliphatic carbocycles. The minimum atomic E-state index is -0.495. The van der Waals surface area contributed by atoms with Crippen molar-refractivity contribution in [3.05, 3.63) is 47.9 Å². The Morgan fingerprint density at radius 3 is 2.88 bits per heavy atom. The molecule has 0 atom stereocenters. The molecule has 8 nitrogen and oxygen atoms in total. The van der Waals surface area contributed by atoms with Crippen molar-refractivity contribution in [2.75, 3.05) is 18.4 Å². The number of nitrogens with zero attached hydrogens (tertiary/aromatic N) is 4. The molecule has 2 N–H and O–H groups in total. The first-order valence-electron chi connectivity index (χ1n) is 10.5. The number of thiazole rings is 1. The maximum atomic E-state index is 12.3. The second-order valence-electron chi connectivity index (χ2n) is 8.73. The lowest BCUT2D eigenvalue weighted by molar-refractivity contribution is 0.0270. The molecule has 4 heterocycles. The predicted molar refractivity (Wildman–Crippen MR) is 127 cm³/mol. The SMILES string of the molecule is CC(C)(C)OC(=O)N1CC=C(c2cc3c(Nc4ccc5ncsc5c4)ncnc3[nH]2)CC1. The van der Waals surface area contributed by atoms with Gasteiger partial charge in [-0.15, -0.1) is 11.3 Å². The van der Waals surface area contributed by atoms with E-state index in [0.29, 0.717) is 13.1 Å². The number of aromatic amines is 1. The summed E-state index contributed by atoms with van der Waals surface area (Å²) >= 11 is 1.61. The molecule has 1 amide bonds. The molecule has 1 aromatic carbocycles. The normalized spacial score (nSPS) is 14.6. The molecule has 4 aromatic rings. The number of H-pyrrole nitrogens is 1. The summed E-state index contributed by atoms with van der Waals surface area (Å²) in [4.78, 5) is 30.6. The van der Waals surface area contributed by atoms with Gasteiger partial charge < -0.3 is 19.9 Å². The molecule has 0 radical (unpaired) electrons. The molecule has 9 heteroatoms. The Kier molecular flexibility index (Phi) is 5.05. The van der Waals surface area contributed by atoms with Gasteiger partial charge in [0.25, 0.3) is 0 Å². The minimum absolute atomic E-state index is 0.278. The number of anilines is 2. The highest BCUT2D eigenvalue weighted by molar-refractivity contribution is 7.16. The van der Waals surface area contributed by atoms with E-state index in [2.05, 4.69) is 43.5 Å².